The van der Waals surface area contributed by atoms with E-state index in [4.69, 9.17) is 4.74 Å². The normalized spacial score (nSPS) is 18.3. The number of esters is 1. The number of rotatable bonds is 8. The fourth-order valence-electron chi connectivity index (χ4n) is 2.49. The molecular weight excluding hydrogens is 272 g/mol. The summed E-state index contributed by atoms with van der Waals surface area (Å²) in [6, 6.07) is 0. The molecule has 2 heteroatoms. The third kappa shape index (κ3) is 6.64. The summed E-state index contributed by atoms with van der Waals surface area (Å²) in [5.74, 6) is 0.553. The monoisotopic (exact) mass is 304 g/mol. The number of carbonyl (C=O) groups excluding carboxylic acids is 1. The zero-order chi connectivity index (χ0) is 16.5. The van der Waals surface area contributed by atoms with E-state index in [1.54, 1.807) is 5.57 Å². The Morgan fingerprint density at radius 1 is 1.32 bits per heavy atom. The molecule has 0 saturated heterocycles. The Morgan fingerprint density at radius 2 is 2.05 bits per heavy atom. The quantitative estimate of drug-likeness (QED) is 0.430. The van der Waals surface area contributed by atoms with Crippen LogP contribution in [0.5, 0.6) is 0 Å². The Morgan fingerprint density at radius 3 is 2.64 bits per heavy atom. The lowest BCUT2D eigenvalue weighted by atomic mass is 9.88. The summed E-state index contributed by atoms with van der Waals surface area (Å²) in [5.41, 5.74) is 4.20. The van der Waals surface area contributed by atoms with E-state index >= 15 is 0 Å². The molecule has 1 rings (SSSR count). The van der Waals surface area contributed by atoms with Gasteiger partial charge in [0.1, 0.15) is 6.61 Å². The van der Waals surface area contributed by atoms with Crippen molar-refractivity contribution in [2.24, 2.45) is 11.8 Å². The molecule has 2 atom stereocenters. The summed E-state index contributed by atoms with van der Waals surface area (Å²) in [4.78, 5) is 11.6. The molecule has 1 aliphatic carbocycles. The van der Waals surface area contributed by atoms with Crippen LogP contribution in [-0.2, 0) is 9.53 Å². The standard InChI is InChI=1S/C20H32O2/c1-6-17(4)20(21)22-14-16(3)8-7-9-18(5)19-12-10-15(2)11-13-19/h8,10,12,17-18H,6-7,9,11,13-14H2,1-5H3. The van der Waals surface area contributed by atoms with Crippen molar-refractivity contribution in [3.8, 4) is 0 Å². The summed E-state index contributed by atoms with van der Waals surface area (Å²) in [7, 11) is 0. The first-order chi connectivity index (χ1) is 10.4. The van der Waals surface area contributed by atoms with Crippen LogP contribution in [-0.4, -0.2) is 12.6 Å². The van der Waals surface area contributed by atoms with E-state index in [0.29, 0.717) is 12.5 Å². The van der Waals surface area contributed by atoms with Crippen molar-refractivity contribution in [2.45, 2.75) is 66.7 Å². The van der Waals surface area contributed by atoms with Gasteiger partial charge in [-0.25, -0.2) is 0 Å². The molecule has 2 nitrogen and oxygen atoms in total. The van der Waals surface area contributed by atoms with Crippen molar-refractivity contribution in [3.05, 3.63) is 34.9 Å². The van der Waals surface area contributed by atoms with Gasteiger partial charge < -0.3 is 4.74 Å². The van der Waals surface area contributed by atoms with Crippen molar-refractivity contribution >= 4 is 5.97 Å². The Bertz CT molecular complexity index is 454. The first-order valence-corrected chi connectivity index (χ1v) is 8.62. The fraction of sp³-hybridized carbons (Fsp3) is 0.650. The lowest BCUT2D eigenvalue weighted by Crippen LogP contribution is -2.15. The molecule has 1 aliphatic rings. The fourth-order valence-corrected chi connectivity index (χ4v) is 2.49. The minimum Gasteiger partial charge on any atom is -0.461 e. The third-order valence-electron chi connectivity index (χ3n) is 4.57. The number of hydrogen-bond acceptors (Lipinski definition) is 2. The molecule has 22 heavy (non-hydrogen) atoms. The molecule has 0 aliphatic heterocycles. The first-order valence-electron chi connectivity index (χ1n) is 8.62. The highest BCUT2D eigenvalue weighted by atomic mass is 16.5. The zero-order valence-corrected chi connectivity index (χ0v) is 14.9. The maximum atomic E-state index is 11.6. The van der Waals surface area contributed by atoms with Gasteiger partial charge >= 0.3 is 5.97 Å². The molecule has 2 unspecified atom stereocenters. The van der Waals surface area contributed by atoms with Crippen LogP contribution in [0.25, 0.3) is 0 Å². The van der Waals surface area contributed by atoms with Gasteiger partial charge in [-0.2, -0.15) is 0 Å². The van der Waals surface area contributed by atoms with Crippen molar-refractivity contribution in [1.82, 2.24) is 0 Å². The summed E-state index contributed by atoms with van der Waals surface area (Å²) in [5, 5.41) is 0. The molecular formula is C20H32O2. The Hall–Kier alpha value is -1.31. The molecule has 0 radical (unpaired) electrons. The van der Waals surface area contributed by atoms with Gasteiger partial charge in [-0.1, -0.05) is 50.1 Å². The molecule has 0 spiro atoms. The molecule has 0 heterocycles. The molecule has 0 amide bonds. The largest absolute Gasteiger partial charge is 0.461 e. The van der Waals surface area contributed by atoms with Crippen molar-refractivity contribution in [3.63, 3.8) is 0 Å². The summed E-state index contributed by atoms with van der Waals surface area (Å²) >= 11 is 0. The van der Waals surface area contributed by atoms with Gasteiger partial charge in [0.15, 0.2) is 0 Å². The number of ether oxygens (including phenoxy) is 1. The summed E-state index contributed by atoms with van der Waals surface area (Å²) in [6.45, 7) is 10.9. The van der Waals surface area contributed by atoms with Gasteiger partial charge in [0.25, 0.3) is 0 Å². The highest BCUT2D eigenvalue weighted by Crippen LogP contribution is 2.27. The Labute approximate surface area is 136 Å². The maximum absolute atomic E-state index is 11.6. The second kappa shape index (κ2) is 9.66. The van der Waals surface area contributed by atoms with Gasteiger partial charge in [0, 0.05) is 0 Å². The number of allylic oxidation sites excluding steroid dienone is 5. The average molecular weight is 304 g/mol. The van der Waals surface area contributed by atoms with Crippen LogP contribution >= 0.6 is 0 Å². The highest BCUT2D eigenvalue weighted by Gasteiger charge is 2.12. The predicted molar refractivity (Wildman–Crippen MR) is 93.6 cm³/mol. The summed E-state index contributed by atoms with van der Waals surface area (Å²) < 4.78 is 5.32. The average Bonchev–Trinajstić information content (AvgIpc) is 2.52. The molecule has 0 saturated carbocycles. The molecule has 0 aromatic rings. The van der Waals surface area contributed by atoms with Crippen LogP contribution in [0.2, 0.25) is 0 Å². The first kappa shape index (κ1) is 18.7. The topological polar surface area (TPSA) is 26.3 Å². The van der Waals surface area contributed by atoms with E-state index in [2.05, 4.69) is 32.1 Å². The zero-order valence-electron chi connectivity index (χ0n) is 14.9. The van der Waals surface area contributed by atoms with E-state index in [-0.39, 0.29) is 11.9 Å². The van der Waals surface area contributed by atoms with Crippen LogP contribution in [0.1, 0.15) is 66.7 Å². The number of carbonyl (C=O) groups is 1. The lowest BCUT2D eigenvalue weighted by molar-refractivity contribution is -0.147. The second-order valence-electron chi connectivity index (χ2n) is 6.70. The Balaban J connectivity index is 2.31. The van der Waals surface area contributed by atoms with E-state index in [9.17, 15) is 4.79 Å². The van der Waals surface area contributed by atoms with Crippen molar-refractivity contribution in [1.29, 1.82) is 0 Å². The molecule has 0 N–H and O–H groups in total. The lowest BCUT2D eigenvalue weighted by Gasteiger charge is -2.18. The molecule has 0 fully saturated rings. The Kier molecular flexibility index (Phi) is 8.22. The SMILES string of the molecule is CCC(C)C(=O)OCC(C)=CCCC(C)C1=CC=C(C)CC1. The van der Waals surface area contributed by atoms with Gasteiger partial charge in [-0.3, -0.25) is 4.79 Å². The minimum absolute atomic E-state index is 0.00238. The van der Waals surface area contributed by atoms with E-state index in [1.165, 1.54) is 18.4 Å². The van der Waals surface area contributed by atoms with Crippen LogP contribution in [0.15, 0.2) is 34.9 Å². The maximum Gasteiger partial charge on any atom is 0.308 e. The molecule has 0 aromatic carbocycles. The highest BCUT2D eigenvalue weighted by molar-refractivity contribution is 5.72. The minimum atomic E-state index is -0.0851. The van der Waals surface area contributed by atoms with Crippen LogP contribution in [0.3, 0.4) is 0 Å². The van der Waals surface area contributed by atoms with E-state index in [0.717, 1.165) is 24.8 Å². The molecule has 124 valence electrons. The van der Waals surface area contributed by atoms with Gasteiger partial charge in [-0.15, -0.1) is 0 Å². The summed E-state index contributed by atoms with van der Waals surface area (Å²) in [6.07, 6.45) is 12.2. The molecule has 0 aromatic heterocycles. The van der Waals surface area contributed by atoms with Gasteiger partial charge in [0.05, 0.1) is 5.92 Å². The molecule has 0 bridgehead atoms. The smallest absolute Gasteiger partial charge is 0.308 e. The van der Waals surface area contributed by atoms with Gasteiger partial charge in [0.2, 0.25) is 0 Å². The van der Waals surface area contributed by atoms with Crippen LogP contribution < -0.4 is 0 Å². The predicted octanol–water partition coefficient (Wildman–Crippen LogP) is 5.60. The third-order valence-corrected chi connectivity index (χ3v) is 4.57. The van der Waals surface area contributed by atoms with Crippen LogP contribution in [0.4, 0.5) is 0 Å². The van der Waals surface area contributed by atoms with E-state index in [1.807, 2.05) is 20.8 Å². The van der Waals surface area contributed by atoms with E-state index < -0.39 is 0 Å². The number of hydrogen-bond donors (Lipinski definition) is 0. The van der Waals surface area contributed by atoms with Crippen molar-refractivity contribution in [2.75, 3.05) is 6.61 Å². The van der Waals surface area contributed by atoms with Crippen LogP contribution in [0, 0.1) is 11.8 Å². The van der Waals surface area contributed by atoms with Crippen molar-refractivity contribution < 1.29 is 9.53 Å². The second-order valence-corrected chi connectivity index (χ2v) is 6.70. The van der Waals surface area contributed by atoms with Gasteiger partial charge in [-0.05, 0) is 57.4 Å².